The van der Waals surface area contributed by atoms with E-state index in [9.17, 15) is 4.79 Å². The van der Waals surface area contributed by atoms with Crippen molar-refractivity contribution in [2.45, 2.75) is 57.3 Å². The fraction of sp³-hybridized carbons (Fsp3) is 0.769. The monoisotopic (exact) mass is 298 g/mol. The van der Waals surface area contributed by atoms with Gasteiger partial charge in [0.2, 0.25) is 5.95 Å². The highest BCUT2D eigenvalue weighted by atomic mass is 32.2. The number of nitrogens with zero attached hydrogens (tertiary/aromatic N) is 4. The van der Waals surface area contributed by atoms with E-state index in [1.807, 2.05) is 0 Å². The number of aliphatic carboxylic acids is 1. The van der Waals surface area contributed by atoms with Gasteiger partial charge in [0.25, 0.3) is 0 Å². The van der Waals surface area contributed by atoms with Crippen LogP contribution >= 0.6 is 11.8 Å². The van der Waals surface area contributed by atoms with Crippen molar-refractivity contribution in [3.63, 3.8) is 0 Å². The van der Waals surface area contributed by atoms with E-state index in [-0.39, 0.29) is 5.75 Å². The van der Waals surface area contributed by atoms with Crippen molar-refractivity contribution in [1.29, 1.82) is 0 Å². The summed E-state index contributed by atoms with van der Waals surface area (Å²) in [7, 11) is 0. The molecular formula is C13H22N4O2S. The van der Waals surface area contributed by atoms with Gasteiger partial charge in [0.05, 0.1) is 5.75 Å². The van der Waals surface area contributed by atoms with Gasteiger partial charge in [-0.15, -0.1) is 10.2 Å². The van der Waals surface area contributed by atoms with Crippen molar-refractivity contribution in [2.24, 2.45) is 0 Å². The molecule has 1 atom stereocenters. The smallest absolute Gasteiger partial charge is 0.313 e. The number of piperidine rings is 1. The van der Waals surface area contributed by atoms with Gasteiger partial charge in [-0.2, -0.15) is 0 Å². The van der Waals surface area contributed by atoms with Crippen LogP contribution in [0.2, 0.25) is 0 Å². The number of carbonyl (C=O) groups is 1. The summed E-state index contributed by atoms with van der Waals surface area (Å²) < 4.78 is 2.06. The first-order chi connectivity index (χ1) is 9.63. The Hall–Kier alpha value is -1.24. The molecule has 0 aliphatic carbocycles. The highest BCUT2D eigenvalue weighted by Crippen LogP contribution is 2.27. The summed E-state index contributed by atoms with van der Waals surface area (Å²) in [5.41, 5.74) is 0. The van der Waals surface area contributed by atoms with Crippen LogP contribution < -0.4 is 4.90 Å². The number of thioether (sulfide) groups is 1. The number of aromatic nitrogens is 3. The van der Waals surface area contributed by atoms with Crippen LogP contribution in [0.4, 0.5) is 5.95 Å². The van der Waals surface area contributed by atoms with E-state index < -0.39 is 5.97 Å². The zero-order chi connectivity index (χ0) is 14.5. The molecule has 0 amide bonds. The van der Waals surface area contributed by atoms with Crippen molar-refractivity contribution in [3.05, 3.63) is 0 Å². The van der Waals surface area contributed by atoms with E-state index in [0.29, 0.717) is 11.2 Å². The summed E-state index contributed by atoms with van der Waals surface area (Å²) in [6.07, 6.45) is 4.60. The first-order valence-electron chi connectivity index (χ1n) is 7.18. The Morgan fingerprint density at radius 2 is 2.25 bits per heavy atom. The number of hydrogen-bond acceptors (Lipinski definition) is 5. The largest absolute Gasteiger partial charge is 0.481 e. The van der Waals surface area contributed by atoms with Gasteiger partial charge in [0, 0.05) is 19.1 Å². The van der Waals surface area contributed by atoms with Crippen LogP contribution in [0.15, 0.2) is 5.16 Å². The lowest BCUT2D eigenvalue weighted by Gasteiger charge is -2.34. The molecule has 0 bridgehead atoms. The van der Waals surface area contributed by atoms with Crippen molar-refractivity contribution in [3.8, 4) is 0 Å². The molecule has 1 aliphatic rings. The maximum Gasteiger partial charge on any atom is 0.313 e. The van der Waals surface area contributed by atoms with Crippen LogP contribution in [0.1, 0.15) is 39.5 Å². The molecule has 6 nitrogen and oxygen atoms in total. The average Bonchev–Trinajstić information content (AvgIpc) is 2.80. The van der Waals surface area contributed by atoms with E-state index in [1.165, 1.54) is 31.0 Å². The molecule has 1 fully saturated rings. The SMILES string of the molecule is CCCn1c(SCC(=O)O)nnc1N1CCCCC1C. The van der Waals surface area contributed by atoms with E-state index >= 15 is 0 Å². The zero-order valence-corrected chi connectivity index (χ0v) is 12.9. The minimum absolute atomic E-state index is 0.0252. The second-order valence-corrected chi connectivity index (χ2v) is 6.10. The number of hydrogen-bond donors (Lipinski definition) is 1. The normalized spacial score (nSPS) is 19.3. The molecule has 0 saturated carbocycles. The molecule has 1 saturated heterocycles. The van der Waals surface area contributed by atoms with Gasteiger partial charge >= 0.3 is 5.97 Å². The van der Waals surface area contributed by atoms with Crippen LogP contribution in [-0.4, -0.2) is 44.2 Å². The Bertz CT molecular complexity index is 463. The second-order valence-electron chi connectivity index (χ2n) is 5.15. The van der Waals surface area contributed by atoms with E-state index in [0.717, 1.165) is 25.5 Å². The molecule has 1 N–H and O–H groups in total. The first kappa shape index (κ1) is 15.2. The third-order valence-corrected chi connectivity index (χ3v) is 4.48. The predicted molar refractivity (Wildman–Crippen MR) is 79.3 cm³/mol. The lowest BCUT2D eigenvalue weighted by atomic mass is 10.0. The van der Waals surface area contributed by atoms with Gasteiger partial charge in [0.1, 0.15) is 0 Å². The molecule has 1 aromatic rings. The van der Waals surface area contributed by atoms with E-state index in [4.69, 9.17) is 5.11 Å². The third kappa shape index (κ3) is 3.45. The van der Waals surface area contributed by atoms with Gasteiger partial charge < -0.3 is 10.0 Å². The predicted octanol–water partition coefficient (Wildman–Crippen LogP) is 2.24. The van der Waals surface area contributed by atoms with Crippen LogP contribution in [0.25, 0.3) is 0 Å². The summed E-state index contributed by atoms with van der Waals surface area (Å²) in [5, 5.41) is 18.0. The number of rotatable bonds is 6. The number of carboxylic acid groups (broad SMARTS) is 1. The molecule has 0 aromatic carbocycles. The summed E-state index contributed by atoms with van der Waals surface area (Å²) in [4.78, 5) is 13.0. The minimum atomic E-state index is -0.825. The summed E-state index contributed by atoms with van der Waals surface area (Å²) in [6, 6.07) is 0.473. The average molecular weight is 298 g/mol. The lowest BCUT2D eigenvalue weighted by Crippen LogP contribution is -2.39. The fourth-order valence-corrected chi connectivity index (χ4v) is 3.22. The number of carboxylic acids is 1. The molecule has 1 aromatic heterocycles. The Balaban J connectivity index is 2.20. The molecule has 20 heavy (non-hydrogen) atoms. The topological polar surface area (TPSA) is 71.2 Å². The van der Waals surface area contributed by atoms with Crippen molar-refractivity contribution < 1.29 is 9.90 Å². The molecule has 112 valence electrons. The molecule has 2 rings (SSSR count). The highest BCUT2D eigenvalue weighted by Gasteiger charge is 2.24. The molecule has 1 aliphatic heterocycles. The van der Waals surface area contributed by atoms with Crippen molar-refractivity contribution in [2.75, 3.05) is 17.2 Å². The highest BCUT2D eigenvalue weighted by molar-refractivity contribution is 7.99. The molecule has 1 unspecified atom stereocenters. The van der Waals surface area contributed by atoms with Gasteiger partial charge in [0.15, 0.2) is 5.16 Å². The molecule has 7 heteroatoms. The summed E-state index contributed by atoms with van der Waals surface area (Å²) in [5.74, 6) is 0.0955. The molecular weight excluding hydrogens is 276 g/mol. The number of anilines is 1. The second kappa shape index (κ2) is 6.97. The minimum Gasteiger partial charge on any atom is -0.481 e. The summed E-state index contributed by atoms with van der Waals surface area (Å²) >= 11 is 1.24. The lowest BCUT2D eigenvalue weighted by molar-refractivity contribution is -0.133. The Morgan fingerprint density at radius 3 is 2.90 bits per heavy atom. The van der Waals surface area contributed by atoms with Gasteiger partial charge in [-0.3, -0.25) is 9.36 Å². The maximum absolute atomic E-state index is 10.7. The van der Waals surface area contributed by atoms with E-state index in [1.54, 1.807) is 0 Å². The fourth-order valence-electron chi connectivity index (χ4n) is 2.54. The van der Waals surface area contributed by atoms with Gasteiger partial charge in [-0.1, -0.05) is 18.7 Å². The van der Waals surface area contributed by atoms with Gasteiger partial charge in [-0.05, 0) is 32.6 Å². The quantitative estimate of drug-likeness (QED) is 0.812. The Morgan fingerprint density at radius 1 is 1.45 bits per heavy atom. The Labute approximate surface area is 123 Å². The van der Waals surface area contributed by atoms with Crippen LogP contribution in [0.5, 0.6) is 0 Å². The van der Waals surface area contributed by atoms with Crippen molar-refractivity contribution in [1.82, 2.24) is 14.8 Å². The standard InChI is InChI=1S/C13H22N4O2S/c1-3-7-17-12(16-8-5-4-6-10(16)2)14-15-13(17)20-9-11(18)19/h10H,3-9H2,1-2H3,(H,18,19). The summed E-state index contributed by atoms with van der Waals surface area (Å²) in [6.45, 7) is 6.16. The van der Waals surface area contributed by atoms with Crippen LogP contribution in [-0.2, 0) is 11.3 Å². The zero-order valence-electron chi connectivity index (χ0n) is 12.1. The van der Waals surface area contributed by atoms with E-state index in [2.05, 4.69) is 33.5 Å². The first-order valence-corrected chi connectivity index (χ1v) is 8.16. The Kier molecular flexibility index (Phi) is 5.28. The van der Waals surface area contributed by atoms with Crippen LogP contribution in [0.3, 0.4) is 0 Å². The third-order valence-electron chi connectivity index (χ3n) is 3.53. The van der Waals surface area contributed by atoms with Gasteiger partial charge in [-0.25, -0.2) is 0 Å². The van der Waals surface area contributed by atoms with Crippen LogP contribution in [0, 0.1) is 0 Å². The molecule has 2 heterocycles. The maximum atomic E-state index is 10.7. The molecule has 0 spiro atoms. The molecule has 0 radical (unpaired) electrons. The van der Waals surface area contributed by atoms with Crippen molar-refractivity contribution >= 4 is 23.7 Å².